The molecule has 0 amide bonds. The van der Waals surface area contributed by atoms with Gasteiger partial charge in [-0.05, 0) is 40.8 Å². The van der Waals surface area contributed by atoms with Crippen LogP contribution in [0.15, 0.2) is 60.7 Å². The number of aromatic carboxylic acids is 1. The number of hydrogen-bond donors (Lipinski definition) is 1. The lowest BCUT2D eigenvalue weighted by molar-refractivity contribution is 0.0696. The molecule has 0 bridgehead atoms. The molecule has 3 rings (SSSR count). The van der Waals surface area contributed by atoms with Gasteiger partial charge in [0.05, 0.1) is 5.56 Å². The molecule has 0 unspecified atom stereocenters. The van der Waals surface area contributed by atoms with Gasteiger partial charge in [-0.25, -0.2) is 4.79 Å². The first-order valence-corrected chi connectivity index (χ1v) is 6.49. The second-order valence-corrected chi connectivity index (χ2v) is 4.81. The molecule has 2 nitrogen and oxygen atoms in total. The molecule has 1 N–H and O–H groups in total. The first-order chi connectivity index (χ1) is 9.68. The van der Waals surface area contributed by atoms with E-state index in [1.807, 2.05) is 37.3 Å². The Hall–Kier alpha value is -2.61. The molecule has 0 aliphatic heterocycles. The van der Waals surface area contributed by atoms with Gasteiger partial charge in [0.15, 0.2) is 0 Å². The molecular weight excluding hydrogens is 248 g/mol. The highest BCUT2D eigenvalue weighted by atomic mass is 16.4. The number of benzene rings is 1. The lowest BCUT2D eigenvalue weighted by Gasteiger charge is -2.10. The monoisotopic (exact) mass is 262 g/mol. The fraction of sp³-hybridized carbons (Fsp3) is 0.0556. The Morgan fingerprint density at radius 2 is 1.40 bits per heavy atom. The summed E-state index contributed by atoms with van der Waals surface area (Å²) in [6.45, 7) is 1.86. The third kappa shape index (κ3) is 1.95. The molecule has 0 radical (unpaired) electrons. The third-order valence-corrected chi connectivity index (χ3v) is 3.64. The van der Waals surface area contributed by atoms with Crippen molar-refractivity contribution in [2.75, 3.05) is 0 Å². The van der Waals surface area contributed by atoms with Crippen LogP contribution >= 0.6 is 0 Å². The van der Waals surface area contributed by atoms with Crippen LogP contribution in [0.1, 0.15) is 15.9 Å². The van der Waals surface area contributed by atoms with E-state index in [0.29, 0.717) is 5.56 Å². The average Bonchev–Trinajstić information content (AvgIpc) is 2.79. The highest BCUT2D eigenvalue weighted by molar-refractivity contribution is 5.94. The van der Waals surface area contributed by atoms with Gasteiger partial charge < -0.3 is 5.11 Å². The van der Waals surface area contributed by atoms with Gasteiger partial charge in [0.2, 0.25) is 0 Å². The maximum atomic E-state index is 11.3. The van der Waals surface area contributed by atoms with Crippen LogP contribution in [0.4, 0.5) is 0 Å². The predicted octanol–water partition coefficient (Wildman–Crippen LogP) is 4.47. The van der Waals surface area contributed by atoms with Crippen LogP contribution in [-0.4, -0.2) is 11.1 Å². The van der Waals surface area contributed by atoms with Crippen LogP contribution < -0.4 is 0 Å². The van der Waals surface area contributed by atoms with Gasteiger partial charge in [-0.3, -0.25) is 0 Å². The van der Waals surface area contributed by atoms with E-state index in [1.165, 1.54) is 0 Å². The third-order valence-electron chi connectivity index (χ3n) is 3.64. The van der Waals surface area contributed by atoms with Crippen molar-refractivity contribution in [1.82, 2.24) is 0 Å². The number of carboxylic acid groups (broad SMARTS) is 1. The molecule has 1 aromatic rings. The topological polar surface area (TPSA) is 37.3 Å². The first-order valence-electron chi connectivity index (χ1n) is 6.49. The van der Waals surface area contributed by atoms with Crippen molar-refractivity contribution in [3.63, 3.8) is 0 Å². The van der Waals surface area contributed by atoms with Crippen molar-refractivity contribution in [3.8, 4) is 22.3 Å². The van der Waals surface area contributed by atoms with Gasteiger partial charge in [-0.15, -0.1) is 0 Å². The van der Waals surface area contributed by atoms with Crippen LogP contribution in [0.3, 0.4) is 0 Å². The molecule has 2 aliphatic rings. The van der Waals surface area contributed by atoms with Gasteiger partial charge >= 0.3 is 5.97 Å². The van der Waals surface area contributed by atoms with Gasteiger partial charge in [0.25, 0.3) is 0 Å². The minimum Gasteiger partial charge on any atom is -0.478 e. The van der Waals surface area contributed by atoms with Crippen molar-refractivity contribution in [2.24, 2.45) is 0 Å². The van der Waals surface area contributed by atoms with Crippen LogP contribution in [0.2, 0.25) is 0 Å². The fourth-order valence-corrected chi connectivity index (χ4v) is 2.62. The highest BCUT2D eigenvalue weighted by Gasteiger charge is 2.14. The van der Waals surface area contributed by atoms with Crippen LogP contribution in [0.25, 0.3) is 22.3 Å². The van der Waals surface area contributed by atoms with Crippen LogP contribution in [-0.2, 0) is 0 Å². The molecule has 0 spiro atoms. The molecule has 1 aromatic carbocycles. The SMILES string of the molecule is Cc1c(C(=O)O)cccc1-c1ccccc2cccc1-2. The van der Waals surface area contributed by atoms with E-state index in [2.05, 4.69) is 18.2 Å². The van der Waals surface area contributed by atoms with Crippen molar-refractivity contribution in [3.05, 3.63) is 71.8 Å². The Kier molecular flexibility index (Phi) is 2.99. The smallest absolute Gasteiger partial charge is 0.335 e. The van der Waals surface area contributed by atoms with E-state index >= 15 is 0 Å². The van der Waals surface area contributed by atoms with E-state index in [9.17, 15) is 9.90 Å². The van der Waals surface area contributed by atoms with E-state index in [4.69, 9.17) is 0 Å². The quantitative estimate of drug-likeness (QED) is 0.740. The van der Waals surface area contributed by atoms with Gasteiger partial charge in [-0.2, -0.15) is 0 Å². The van der Waals surface area contributed by atoms with Crippen LogP contribution in [0.5, 0.6) is 0 Å². The lowest BCUT2D eigenvalue weighted by atomic mass is 9.93. The summed E-state index contributed by atoms with van der Waals surface area (Å²) in [7, 11) is 0. The van der Waals surface area contributed by atoms with Crippen molar-refractivity contribution >= 4 is 5.97 Å². The molecule has 0 aromatic heterocycles. The predicted molar refractivity (Wildman–Crippen MR) is 80.2 cm³/mol. The Bertz CT molecular complexity index is 759. The second kappa shape index (κ2) is 4.82. The Morgan fingerprint density at radius 1 is 0.800 bits per heavy atom. The Morgan fingerprint density at radius 3 is 2.20 bits per heavy atom. The van der Waals surface area contributed by atoms with Crippen molar-refractivity contribution < 1.29 is 9.90 Å². The number of carbonyl (C=O) groups is 1. The second-order valence-electron chi connectivity index (χ2n) is 4.81. The summed E-state index contributed by atoms with van der Waals surface area (Å²) in [5.41, 5.74) is 5.49. The molecule has 0 atom stereocenters. The van der Waals surface area contributed by atoms with Crippen molar-refractivity contribution in [2.45, 2.75) is 6.92 Å². The molecule has 0 saturated carbocycles. The number of rotatable bonds is 2. The summed E-state index contributed by atoms with van der Waals surface area (Å²) in [6, 6.07) is 19.7. The largest absolute Gasteiger partial charge is 0.478 e. The normalized spacial score (nSPS) is 10.7. The zero-order valence-electron chi connectivity index (χ0n) is 11.1. The van der Waals surface area contributed by atoms with Gasteiger partial charge in [-0.1, -0.05) is 54.6 Å². The summed E-state index contributed by atoms with van der Waals surface area (Å²) in [5, 5.41) is 9.26. The molecule has 0 saturated heterocycles. The molecule has 2 heteroatoms. The summed E-state index contributed by atoms with van der Waals surface area (Å²) in [6.07, 6.45) is 0. The molecule has 0 fully saturated rings. The molecule has 98 valence electrons. The number of fused-ring (bicyclic) bond motifs is 1. The molecule has 0 heterocycles. The molecule has 20 heavy (non-hydrogen) atoms. The summed E-state index contributed by atoms with van der Waals surface area (Å²) in [4.78, 5) is 11.3. The number of carboxylic acids is 1. The molecule has 2 aliphatic carbocycles. The number of hydrogen-bond acceptors (Lipinski definition) is 1. The van der Waals surface area contributed by atoms with E-state index in [-0.39, 0.29) is 0 Å². The van der Waals surface area contributed by atoms with Gasteiger partial charge in [0.1, 0.15) is 0 Å². The zero-order valence-corrected chi connectivity index (χ0v) is 11.1. The first kappa shape index (κ1) is 12.4. The Balaban J connectivity index is 2.29. The highest BCUT2D eigenvalue weighted by Crippen LogP contribution is 2.35. The molecular formula is C18H14O2. The fourth-order valence-electron chi connectivity index (χ4n) is 2.62. The maximum Gasteiger partial charge on any atom is 0.335 e. The van der Waals surface area contributed by atoms with Gasteiger partial charge in [0, 0.05) is 0 Å². The Labute approximate surface area is 117 Å². The van der Waals surface area contributed by atoms with Crippen LogP contribution in [0, 0.1) is 6.92 Å². The zero-order chi connectivity index (χ0) is 14.1. The lowest BCUT2D eigenvalue weighted by Crippen LogP contribution is -2.00. The van der Waals surface area contributed by atoms with Crippen molar-refractivity contribution in [1.29, 1.82) is 0 Å². The summed E-state index contributed by atoms with van der Waals surface area (Å²) >= 11 is 0. The minimum atomic E-state index is -0.886. The maximum absolute atomic E-state index is 11.3. The van der Waals surface area contributed by atoms with E-state index in [0.717, 1.165) is 27.8 Å². The standard InChI is InChI=1S/C18H14O2/c1-12-14(9-5-10-15(12)18(19)20)17-8-3-2-6-13-7-4-11-16(13)17/h2-11H,1H3,(H,19,20). The summed E-state index contributed by atoms with van der Waals surface area (Å²) < 4.78 is 0. The van der Waals surface area contributed by atoms with E-state index < -0.39 is 5.97 Å². The van der Waals surface area contributed by atoms with E-state index in [1.54, 1.807) is 12.1 Å². The average molecular weight is 262 g/mol. The summed E-state index contributed by atoms with van der Waals surface area (Å²) in [5.74, 6) is -0.886. The minimum absolute atomic E-state index is 0.355.